The number of unbranched alkanes of at least 4 members (excludes halogenated alkanes) is 1. The Morgan fingerprint density at radius 1 is 1.24 bits per heavy atom. The molecule has 0 spiro atoms. The normalized spacial score (nSPS) is 11.5. The van der Waals surface area contributed by atoms with E-state index in [0.717, 1.165) is 5.56 Å². The standard InChI is InChI=1S/C13H20N2O4S.C2H3ClO.ClH/c1-10-5-7-11(8-6-10)20(18,19)15-12(13(16)17)4-2-3-9-14;1-2(3)4;/h5-8,12,15H,2-4,9,14H2,1H3,(H,16,17);1H3;1H/t12-;;/m0../s1. The van der Waals surface area contributed by atoms with E-state index >= 15 is 0 Å². The van der Waals surface area contributed by atoms with Gasteiger partial charge in [0.1, 0.15) is 6.04 Å². The maximum absolute atomic E-state index is 12.1. The number of nitrogens with two attached hydrogens (primary N) is 1. The van der Waals surface area contributed by atoms with Gasteiger partial charge in [-0.1, -0.05) is 24.1 Å². The zero-order valence-electron chi connectivity index (χ0n) is 14.1. The zero-order chi connectivity index (χ0) is 18.8. The van der Waals surface area contributed by atoms with Crippen LogP contribution < -0.4 is 10.5 Å². The highest BCUT2D eigenvalue weighted by Gasteiger charge is 2.24. The molecule has 0 aliphatic heterocycles. The molecule has 0 heterocycles. The van der Waals surface area contributed by atoms with Gasteiger partial charge in [-0.2, -0.15) is 4.72 Å². The molecule has 7 nitrogen and oxygen atoms in total. The SMILES string of the molecule is CC(=O)Cl.Cc1ccc(S(=O)(=O)N[C@@H](CCCCN)C(=O)O)cc1.Cl. The van der Waals surface area contributed by atoms with Gasteiger partial charge >= 0.3 is 5.97 Å². The van der Waals surface area contributed by atoms with Gasteiger partial charge in [-0.15, -0.1) is 12.4 Å². The molecule has 0 radical (unpaired) electrons. The van der Waals surface area contributed by atoms with E-state index in [2.05, 4.69) is 16.3 Å². The van der Waals surface area contributed by atoms with E-state index in [4.69, 9.17) is 10.8 Å². The van der Waals surface area contributed by atoms with Gasteiger partial charge in [0.15, 0.2) is 0 Å². The summed E-state index contributed by atoms with van der Waals surface area (Å²) >= 11 is 4.64. The minimum absolute atomic E-state index is 0. The molecule has 0 aliphatic rings. The quantitative estimate of drug-likeness (QED) is 0.441. The van der Waals surface area contributed by atoms with E-state index in [0.29, 0.717) is 19.4 Å². The van der Waals surface area contributed by atoms with E-state index in [9.17, 15) is 18.0 Å². The van der Waals surface area contributed by atoms with E-state index in [1.165, 1.54) is 19.1 Å². The smallest absolute Gasteiger partial charge is 0.321 e. The van der Waals surface area contributed by atoms with Crippen LogP contribution in [-0.4, -0.2) is 37.3 Å². The van der Waals surface area contributed by atoms with Crippen LogP contribution in [-0.2, 0) is 19.6 Å². The molecule has 0 aliphatic carbocycles. The van der Waals surface area contributed by atoms with Gasteiger partial charge in [-0.25, -0.2) is 8.42 Å². The number of sulfonamides is 1. The number of aliphatic carboxylic acids is 1. The number of hydrogen-bond donors (Lipinski definition) is 3. The second kappa shape index (κ2) is 13.1. The van der Waals surface area contributed by atoms with Crippen molar-refractivity contribution < 1.29 is 23.1 Å². The zero-order valence-corrected chi connectivity index (χ0v) is 16.5. The minimum Gasteiger partial charge on any atom is -0.480 e. The van der Waals surface area contributed by atoms with Gasteiger partial charge < -0.3 is 10.8 Å². The van der Waals surface area contributed by atoms with Gasteiger partial charge in [0.05, 0.1) is 4.90 Å². The first-order valence-electron chi connectivity index (χ1n) is 7.28. The van der Waals surface area contributed by atoms with Crippen LogP contribution in [0.25, 0.3) is 0 Å². The Morgan fingerprint density at radius 2 is 1.72 bits per heavy atom. The first-order valence-corrected chi connectivity index (χ1v) is 9.14. The molecule has 0 aromatic heterocycles. The summed E-state index contributed by atoms with van der Waals surface area (Å²) in [5, 5.41) is 8.71. The van der Waals surface area contributed by atoms with Crippen molar-refractivity contribution in [3.8, 4) is 0 Å². The number of hydrogen-bond acceptors (Lipinski definition) is 5. The lowest BCUT2D eigenvalue weighted by Crippen LogP contribution is -2.40. The average Bonchev–Trinajstić information content (AvgIpc) is 2.46. The molecular weight excluding hydrogens is 391 g/mol. The summed E-state index contributed by atoms with van der Waals surface area (Å²) < 4.78 is 26.4. The Balaban J connectivity index is 0. The van der Waals surface area contributed by atoms with Crippen molar-refractivity contribution in [2.45, 2.75) is 44.0 Å². The number of rotatable bonds is 8. The van der Waals surface area contributed by atoms with Crippen LogP contribution in [0.15, 0.2) is 29.2 Å². The Kier molecular flexibility index (Phi) is 13.6. The number of carboxylic acids is 1. The number of halogens is 2. The highest BCUT2D eigenvalue weighted by atomic mass is 35.5. The first kappa shape index (κ1) is 26.0. The summed E-state index contributed by atoms with van der Waals surface area (Å²) in [6, 6.07) is 5.11. The fourth-order valence-electron chi connectivity index (χ4n) is 1.70. The molecule has 1 aromatic carbocycles. The third kappa shape index (κ3) is 11.9. The molecule has 1 aromatic rings. The fourth-order valence-corrected chi connectivity index (χ4v) is 2.92. The molecule has 0 saturated heterocycles. The molecule has 144 valence electrons. The highest BCUT2D eigenvalue weighted by Crippen LogP contribution is 2.12. The third-order valence-electron chi connectivity index (χ3n) is 2.87. The molecule has 1 rings (SSSR count). The summed E-state index contributed by atoms with van der Waals surface area (Å²) in [4.78, 5) is 20.4. The van der Waals surface area contributed by atoms with Crippen LogP contribution in [0.3, 0.4) is 0 Å². The fraction of sp³-hybridized carbons (Fsp3) is 0.467. The summed E-state index contributed by atoms with van der Waals surface area (Å²) in [6.45, 7) is 3.59. The topological polar surface area (TPSA) is 127 Å². The lowest BCUT2D eigenvalue weighted by molar-refractivity contribution is -0.139. The third-order valence-corrected chi connectivity index (χ3v) is 4.36. The number of carboxylic acid groups (broad SMARTS) is 1. The highest BCUT2D eigenvalue weighted by molar-refractivity contribution is 7.89. The van der Waals surface area contributed by atoms with E-state index in [1.807, 2.05) is 6.92 Å². The molecule has 25 heavy (non-hydrogen) atoms. The molecule has 0 fully saturated rings. The largest absolute Gasteiger partial charge is 0.480 e. The first-order chi connectivity index (χ1) is 11.1. The number of nitrogens with one attached hydrogen (secondary N) is 1. The van der Waals surface area contributed by atoms with Crippen molar-refractivity contribution in [1.29, 1.82) is 0 Å². The maximum atomic E-state index is 12.1. The summed E-state index contributed by atoms with van der Waals surface area (Å²) in [5.74, 6) is -1.18. The predicted molar refractivity (Wildman–Crippen MR) is 99.6 cm³/mol. The number of benzene rings is 1. The van der Waals surface area contributed by atoms with Crippen LogP contribution in [0, 0.1) is 6.92 Å². The Morgan fingerprint density at radius 3 is 2.12 bits per heavy atom. The second-order valence-electron chi connectivity index (χ2n) is 5.08. The molecule has 0 bridgehead atoms. The Bertz CT molecular complexity index is 632. The van der Waals surface area contributed by atoms with Gasteiger partial charge in [0.25, 0.3) is 0 Å². The summed E-state index contributed by atoms with van der Waals surface area (Å²) in [7, 11) is -3.82. The van der Waals surface area contributed by atoms with E-state index in [1.54, 1.807) is 12.1 Å². The molecule has 0 amide bonds. The van der Waals surface area contributed by atoms with Gasteiger partial charge in [0.2, 0.25) is 15.3 Å². The van der Waals surface area contributed by atoms with Crippen LogP contribution >= 0.6 is 24.0 Å². The van der Waals surface area contributed by atoms with Crippen LogP contribution in [0.1, 0.15) is 31.7 Å². The summed E-state index contributed by atoms with van der Waals surface area (Å²) in [5.41, 5.74) is 6.27. The van der Waals surface area contributed by atoms with Crippen molar-refractivity contribution >= 4 is 45.2 Å². The molecule has 1 atom stereocenters. The van der Waals surface area contributed by atoms with Crippen LogP contribution in [0.2, 0.25) is 0 Å². The van der Waals surface area contributed by atoms with Crippen molar-refractivity contribution in [3.63, 3.8) is 0 Å². The minimum atomic E-state index is -3.82. The Labute approximate surface area is 159 Å². The van der Waals surface area contributed by atoms with Crippen molar-refractivity contribution in [2.24, 2.45) is 5.73 Å². The van der Waals surface area contributed by atoms with Crippen LogP contribution in [0.4, 0.5) is 0 Å². The van der Waals surface area contributed by atoms with Crippen molar-refractivity contribution in [1.82, 2.24) is 4.72 Å². The lowest BCUT2D eigenvalue weighted by atomic mass is 10.1. The van der Waals surface area contributed by atoms with Gasteiger partial charge in [0, 0.05) is 6.92 Å². The van der Waals surface area contributed by atoms with Crippen molar-refractivity contribution in [2.75, 3.05) is 6.54 Å². The van der Waals surface area contributed by atoms with E-state index < -0.39 is 22.0 Å². The summed E-state index contributed by atoms with van der Waals surface area (Å²) in [6.07, 6.45) is 1.44. The second-order valence-corrected chi connectivity index (χ2v) is 7.33. The monoisotopic (exact) mass is 414 g/mol. The molecule has 0 unspecified atom stereocenters. The molecule has 4 N–H and O–H groups in total. The molecule has 0 saturated carbocycles. The van der Waals surface area contributed by atoms with Crippen molar-refractivity contribution in [3.05, 3.63) is 29.8 Å². The predicted octanol–water partition coefficient (Wildman–Crippen LogP) is 2.05. The average molecular weight is 415 g/mol. The van der Waals surface area contributed by atoms with Gasteiger partial charge in [-0.05, 0) is 50.0 Å². The van der Waals surface area contributed by atoms with Gasteiger partial charge in [-0.3, -0.25) is 9.59 Å². The van der Waals surface area contributed by atoms with Crippen LogP contribution in [0.5, 0.6) is 0 Å². The van der Waals surface area contributed by atoms with E-state index in [-0.39, 0.29) is 29.0 Å². The Hall–Kier alpha value is -1.19. The number of aryl methyl sites for hydroxylation is 1. The molecular formula is C15H24Cl2N2O5S. The molecule has 10 heteroatoms. The lowest BCUT2D eigenvalue weighted by Gasteiger charge is -2.14. The maximum Gasteiger partial charge on any atom is 0.321 e. The number of carbonyl (C=O) groups is 2. The number of carbonyl (C=O) groups excluding carboxylic acids is 1.